The molecule has 0 fully saturated rings. The number of hydrogen-bond donors (Lipinski definition) is 1. The van der Waals surface area contributed by atoms with Gasteiger partial charge in [-0.2, -0.15) is 0 Å². The third-order valence-electron chi connectivity index (χ3n) is 3.62. The van der Waals surface area contributed by atoms with Crippen LogP contribution < -0.4 is 0 Å². The van der Waals surface area contributed by atoms with Gasteiger partial charge in [-0.05, 0) is 37.4 Å². The van der Waals surface area contributed by atoms with Gasteiger partial charge in [0.1, 0.15) is 11.2 Å². The third kappa shape index (κ3) is 3.29. The predicted molar refractivity (Wildman–Crippen MR) is 84.7 cm³/mol. The average Bonchev–Trinajstić information content (AvgIpc) is 2.78. The van der Waals surface area contributed by atoms with Crippen molar-refractivity contribution in [3.63, 3.8) is 0 Å². The highest BCUT2D eigenvalue weighted by Gasteiger charge is 2.41. The fraction of sp³-hybridized carbons (Fsp3) is 0.312. The maximum absolute atomic E-state index is 13.0. The van der Waals surface area contributed by atoms with Crippen molar-refractivity contribution < 1.29 is 23.9 Å². The lowest BCUT2D eigenvalue weighted by Crippen LogP contribution is -2.34. The maximum Gasteiger partial charge on any atom is 0.308 e. The third-order valence-corrected chi connectivity index (χ3v) is 4.55. The van der Waals surface area contributed by atoms with Crippen LogP contribution in [0.25, 0.3) is 0 Å². The Morgan fingerprint density at radius 1 is 1.30 bits per heavy atom. The molecule has 0 bridgehead atoms. The van der Waals surface area contributed by atoms with Crippen LogP contribution in [0.2, 0.25) is 0 Å². The molecule has 0 unspecified atom stereocenters. The van der Waals surface area contributed by atoms with Crippen LogP contribution in [0.1, 0.15) is 23.7 Å². The SMILES string of the molecule is CCN1C(=O)C(CC(=O)O)=C(C(=O)c2ccc(F)cc2)[C@@H]1SC. The molecule has 7 heteroatoms. The highest BCUT2D eigenvalue weighted by molar-refractivity contribution is 7.99. The van der Waals surface area contributed by atoms with Gasteiger partial charge in [0.05, 0.1) is 6.42 Å². The van der Waals surface area contributed by atoms with E-state index < -0.39 is 35.3 Å². The van der Waals surface area contributed by atoms with Crippen molar-refractivity contribution in [3.8, 4) is 0 Å². The number of carbonyl (C=O) groups is 3. The summed E-state index contributed by atoms with van der Waals surface area (Å²) in [5, 5.41) is 8.52. The molecule has 23 heavy (non-hydrogen) atoms. The van der Waals surface area contributed by atoms with E-state index in [0.717, 1.165) is 12.1 Å². The van der Waals surface area contributed by atoms with Gasteiger partial charge in [0.25, 0.3) is 5.91 Å². The Morgan fingerprint density at radius 2 is 1.91 bits per heavy atom. The van der Waals surface area contributed by atoms with E-state index in [1.54, 1.807) is 13.2 Å². The zero-order valence-electron chi connectivity index (χ0n) is 12.7. The second kappa shape index (κ2) is 6.95. The summed E-state index contributed by atoms with van der Waals surface area (Å²) in [4.78, 5) is 37.7. The van der Waals surface area contributed by atoms with Gasteiger partial charge in [-0.25, -0.2) is 4.39 Å². The second-order valence-electron chi connectivity index (χ2n) is 4.98. The molecule has 122 valence electrons. The molecule has 0 aromatic heterocycles. The summed E-state index contributed by atoms with van der Waals surface area (Å²) in [6.07, 6.45) is 1.25. The minimum absolute atomic E-state index is 0.00743. The van der Waals surface area contributed by atoms with Crippen LogP contribution in [-0.2, 0) is 9.59 Å². The molecule has 1 aliphatic heterocycles. The van der Waals surface area contributed by atoms with Crippen molar-refractivity contribution >= 4 is 29.4 Å². The number of thioether (sulfide) groups is 1. The van der Waals surface area contributed by atoms with Gasteiger partial charge in [0.2, 0.25) is 0 Å². The number of ketones is 1. The number of halogens is 1. The Labute approximate surface area is 137 Å². The fourth-order valence-electron chi connectivity index (χ4n) is 2.58. The Balaban J connectivity index is 2.52. The normalized spacial score (nSPS) is 17.8. The lowest BCUT2D eigenvalue weighted by molar-refractivity contribution is -0.137. The van der Waals surface area contributed by atoms with Crippen molar-refractivity contribution in [2.24, 2.45) is 0 Å². The maximum atomic E-state index is 13.0. The summed E-state index contributed by atoms with van der Waals surface area (Å²) in [7, 11) is 0. The first-order valence-electron chi connectivity index (χ1n) is 6.99. The summed E-state index contributed by atoms with van der Waals surface area (Å²) in [5.74, 6) is -2.51. The highest BCUT2D eigenvalue weighted by atomic mass is 32.2. The zero-order valence-corrected chi connectivity index (χ0v) is 13.5. The molecule has 1 aromatic carbocycles. The monoisotopic (exact) mass is 337 g/mol. The predicted octanol–water partition coefficient (Wildman–Crippen LogP) is 2.33. The summed E-state index contributed by atoms with van der Waals surface area (Å²) in [5.41, 5.74) is 0.417. The van der Waals surface area contributed by atoms with E-state index in [-0.39, 0.29) is 16.7 Å². The summed E-state index contributed by atoms with van der Waals surface area (Å²) < 4.78 is 13.0. The molecule has 1 amide bonds. The Kier molecular flexibility index (Phi) is 5.20. The van der Waals surface area contributed by atoms with Crippen molar-refractivity contribution in [2.45, 2.75) is 18.7 Å². The van der Waals surface area contributed by atoms with Crippen LogP contribution in [-0.4, -0.2) is 45.8 Å². The van der Waals surface area contributed by atoms with E-state index in [1.807, 2.05) is 0 Å². The van der Waals surface area contributed by atoms with Gasteiger partial charge in [-0.1, -0.05) is 0 Å². The molecule has 0 saturated heterocycles. The first-order chi connectivity index (χ1) is 10.9. The number of aliphatic carboxylic acids is 1. The number of likely N-dealkylation sites (N-methyl/N-ethyl adjacent to an activating group) is 1. The van der Waals surface area contributed by atoms with Gasteiger partial charge < -0.3 is 10.0 Å². The number of carbonyl (C=O) groups excluding carboxylic acids is 2. The second-order valence-corrected chi connectivity index (χ2v) is 5.90. The zero-order chi connectivity index (χ0) is 17.1. The standard InChI is InChI=1S/C16H16FNO4S/c1-3-18-15(22)11(8-12(19)20)13(16(18)23-2)14(21)9-4-6-10(17)7-5-9/h4-7,16H,3,8H2,1-2H3,(H,19,20)/t16-/m0/s1. The number of nitrogens with zero attached hydrogens (tertiary/aromatic N) is 1. The number of rotatable bonds is 6. The molecule has 1 N–H and O–H groups in total. The lowest BCUT2D eigenvalue weighted by Gasteiger charge is -2.23. The Bertz CT molecular complexity index is 684. The number of benzene rings is 1. The summed E-state index contributed by atoms with van der Waals surface area (Å²) >= 11 is 1.29. The van der Waals surface area contributed by atoms with E-state index >= 15 is 0 Å². The van der Waals surface area contributed by atoms with Gasteiger partial charge in [-0.15, -0.1) is 11.8 Å². The van der Waals surface area contributed by atoms with E-state index in [9.17, 15) is 18.8 Å². The molecule has 1 heterocycles. The molecule has 1 aromatic rings. The highest BCUT2D eigenvalue weighted by Crippen LogP contribution is 2.35. The Morgan fingerprint density at radius 3 is 2.39 bits per heavy atom. The largest absolute Gasteiger partial charge is 0.481 e. The lowest BCUT2D eigenvalue weighted by atomic mass is 9.98. The van der Waals surface area contributed by atoms with E-state index in [2.05, 4.69) is 0 Å². The molecule has 0 saturated carbocycles. The number of Topliss-reactive ketones (excluding diaryl/α,β-unsaturated/α-hetero) is 1. The van der Waals surface area contributed by atoms with Crippen molar-refractivity contribution in [2.75, 3.05) is 12.8 Å². The quantitative estimate of drug-likeness (QED) is 0.807. The summed E-state index contributed by atoms with van der Waals surface area (Å²) in [6.45, 7) is 2.14. The minimum atomic E-state index is -1.17. The van der Waals surface area contributed by atoms with E-state index in [0.29, 0.717) is 6.54 Å². The number of amides is 1. The number of carboxylic acids is 1. The van der Waals surface area contributed by atoms with Crippen molar-refractivity contribution in [1.82, 2.24) is 4.90 Å². The number of hydrogen-bond acceptors (Lipinski definition) is 4. The van der Waals surface area contributed by atoms with Crippen LogP contribution in [0.15, 0.2) is 35.4 Å². The smallest absolute Gasteiger partial charge is 0.308 e. The molecular formula is C16H16FNO4S. The van der Waals surface area contributed by atoms with Gasteiger partial charge in [-0.3, -0.25) is 14.4 Å². The van der Waals surface area contributed by atoms with Gasteiger partial charge in [0, 0.05) is 23.3 Å². The average molecular weight is 337 g/mol. The van der Waals surface area contributed by atoms with Crippen molar-refractivity contribution in [1.29, 1.82) is 0 Å². The van der Waals surface area contributed by atoms with Crippen LogP contribution >= 0.6 is 11.8 Å². The molecule has 1 atom stereocenters. The van der Waals surface area contributed by atoms with Crippen molar-refractivity contribution in [3.05, 3.63) is 46.8 Å². The van der Waals surface area contributed by atoms with E-state index in [4.69, 9.17) is 5.11 Å². The van der Waals surface area contributed by atoms with Gasteiger partial charge in [0.15, 0.2) is 5.78 Å². The molecular weight excluding hydrogens is 321 g/mol. The first kappa shape index (κ1) is 17.2. The van der Waals surface area contributed by atoms with Crippen LogP contribution in [0, 0.1) is 5.82 Å². The molecule has 2 rings (SSSR count). The Hall–Kier alpha value is -2.15. The molecule has 0 radical (unpaired) electrons. The molecule has 0 aliphatic carbocycles. The minimum Gasteiger partial charge on any atom is -0.481 e. The van der Waals surface area contributed by atoms with Gasteiger partial charge >= 0.3 is 5.97 Å². The van der Waals surface area contributed by atoms with Crippen LogP contribution in [0.4, 0.5) is 4.39 Å². The fourth-order valence-corrected chi connectivity index (χ4v) is 3.57. The van der Waals surface area contributed by atoms with Crippen LogP contribution in [0.3, 0.4) is 0 Å². The van der Waals surface area contributed by atoms with Crippen LogP contribution in [0.5, 0.6) is 0 Å². The van der Waals surface area contributed by atoms with E-state index in [1.165, 1.54) is 28.8 Å². The molecule has 5 nitrogen and oxygen atoms in total. The first-order valence-corrected chi connectivity index (χ1v) is 8.28. The summed E-state index contributed by atoms with van der Waals surface area (Å²) in [6, 6.07) is 4.99. The topological polar surface area (TPSA) is 74.7 Å². The molecule has 0 spiro atoms. The molecule has 1 aliphatic rings. The number of carboxylic acid groups (broad SMARTS) is 1.